The van der Waals surface area contributed by atoms with Crippen molar-refractivity contribution >= 4 is 44.4 Å². The summed E-state index contributed by atoms with van der Waals surface area (Å²) in [7, 11) is 0. The van der Waals surface area contributed by atoms with Gasteiger partial charge in [-0.05, 0) is 41.1 Å². The standard InChI is InChI=1S/C13H9ClFNS2/c14-9-3-4-17-13(9)12(16)11-6-7-5-8(15)1-2-10(7)18-11/h1-6,12H,16H2. The van der Waals surface area contributed by atoms with Crippen LogP contribution < -0.4 is 5.73 Å². The van der Waals surface area contributed by atoms with E-state index in [1.807, 2.05) is 17.5 Å². The van der Waals surface area contributed by atoms with Crippen LogP contribution in [0.4, 0.5) is 4.39 Å². The molecule has 1 nitrogen and oxygen atoms in total. The fourth-order valence-corrected chi connectivity index (χ4v) is 4.17. The van der Waals surface area contributed by atoms with Crippen molar-refractivity contribution in [3.05, 3.63) is 56.3 Å². The van der Waals surface area contributed by atoms with E-state index >= 15 is 0 Å². The lowest BCUT2D eigenvalue weighted by Crippen LogP contribution is -2.08. The van der Waals surface area contributed by atoms with Crippen LogP contribution in [0.1, 0.15) is 15.8 Å². The maximum atomic E-state index is 13.1. The van der Waals surface area contributed by atoms with Crippen LogP contribution in [0.5, 0.6) is 0 Å². The van der Waals surface area contributed by atoms with E-state index in [4.69, 9.17) is 17.3 Å². The molecule has 3 aromatic rings. The minimum atomic E-state index is -0.238. The summed E-state index contributed by atoms with van der Waals surface area (Å²) in [6, 6.07) is 8.31. The van der Waals surface area contributed by atoms with Crippen molar-refractivity contribution in [1.82, 2.24) is 0 Å². The Kier molecular flexibility index (Phi) is 3.11. The lowest BCUT2D eigenvalue weighted by atomic mass is 10.2. The summed E-state index contributed by atoms with van der Waals surface area (Å²) in [6.07, 6.45) is 0. The summed E-state index contributed by atoms with van der Waals surface area (Å²) in [5.74, 6) is -0.227. The molecule has 0 fully saturated rings. The molecule has 2 aromatic heterocycles. The molecule has 0 aliphatic rings. The fraction of sp³-hybridized carbons (Fsp3) is 0.0769. The average molecular weight is 298 g/mol. The molecule has 5 heteroatoms. The number of rotatable bonds is 2. The molecule has 18 heavy (non-hydrogen) atoms. The van der Waals surface area contributed by atoms with E-state index in [1.54, 1.807) is 28.7 Å². The second kappa shape index (κ2) is 4.63. The molecule has 0 radical (unpaired) electrons. The van der Waals surface area contributed by atoms with Crippen molar-refractivity contribution in [2.24, 2.45) is 5.73 Å². The quantitative estimate of drug-likeness (QED) is 0.722. The van der Waals surface area contributed by atoms with E-state index in [1.165, 1.54) is 12.1 Å². The SMILES string of the molecule is NC(c1cc2cc(F)ccc2s1)c1sccc1Cl. The van der Waals surface area contributed by atoms with Gasteiger partial charge in [-0.3, -0.25) is 0 Å². The molecule has 0 bridgehead atoms. The molecular weight excluding hydrogens is 289 g/mol. The Bertz CT molecular complexity index is 704. The number of fused-ring (bicyclic) bond motifs is 1. The van der Waals surface area contributed by atoms with Gasteiger partial charge in [0.25, 0.3) is 0 Å². The first kappa shape index (κ1) is 12.1. The lowest BCUT2D eigenvalue weighted by Gasteiger charge is -2.07. The van der Waals surface area contributed by atoms with Crippen LogP contribution in [0.25, 0.3) is 10.1 Å². The first-order chi connectivity index (χ1) is 8.65. The van der Waals surface area contributed by atoms with E-state index < -0.39 is 0 Å². The van der Waals surface area contributed by atoms with Gasteiger partial charge in [0, 0.05) is 14.5 Å². The second-order valence-corrected chi connectivity index (χ2v) is 6.41. The van der Waals surface area contributed by atoms with Crippen LogP contribution in [-0.4, -0.2) is 0 Å². The van der Waals surface area contributed by atoms with Crippen LogP contribution in [0.3, 0.4) is 0 Å². The summed E-state index contributed by atoms with van der Waals surface area (Å²) in [5, 5.41) is 3.50. The van der Waals surface area contributed by atoms with Crippen LogP contribution in [-0.2, 0) is 0 Å². The van der Waals surface area contributed by atoms with Gasteiger partial charge in [0.2, 0.25) is 0 Å². The highest BCUT2D eigenvalue weighted by Gasteiger charge is 2.16. The Morgan fingerprint density at radius 3 is 2.78 bits per heavy atom. The lowest BCUT2D eigenvalue weighted by molar-refractivity contribution is 0.630. The molecule has 1 aromatic carbocycles. The predicted octanol–water partition coefficient (Wildman–Crippen LogP) is 4.80. The van der Waals surface area contributed by atoms with E-state index in [2.05, 4.69) is 0 Å². The van der Waals surface area contributed by atoms with Gasteiger partial charge in [-0.25, -0.2) is 4.39 Å². The largest absolute Gasteiger partial charge is 0.319 e. The molecule has 1 unspecified atom stereocenters. The van der Waals surface area contributed by atoms with Gasteiger partial charge in [-0.2, -0.15) is 0 Å². The number of halogens is 2. The van der Waals surface area contributed by atoms with Crippen molar-refractivity contribution in [3.63, 3.8) is 0 Å². The van der Waals surface area contributed by atoms with E-state index in [9.17, 15) is 4.39 Å². The minimum absolute atomic E-state index is 0.227. The van der Waals surface area contributed by atoms with Crippen molar-refractivity contribution in [2.75, 3.05) is 0 Å². The van der Waals surface area contributed by atoms with Crippen LogP contribution in [0.2, 0.25) is 5.02 Å². The van der Waals surface area contributed by atoms with Gasteiger partial charge in [0.1, 0.15) is 5.82 Å². The van der Waals surface area contributed by atoms with Gasteiger partial charge in [-0.15, -0.1) is 22.7 Å². The molecular formula is C13H9ClFNS2. The minimum Gasteiger partial charge on any atom is -0.319 e. The third-order valence-electron chi connectivity index (χ3n) is 2.73. The van der Waals surface area contributed by atoms with Crippen molar-refractivity contribution in [1.29, 1.82) is 0 Å². The number of hydrogen-bond donors (Lipinski definition) is 1. The summed E-state index contributed by atoms with van der Waals surface area (Å²) in [6.45, 7) is 0. The number of hydrogen-bond acceptors (Lipinski definition) is 3. The van der Waals surface area contributed by atoms with Gasteiger partial charge in [0.05, 0.1) is 11.1 Å². The van der Waals surface area contributed by atoms with E-state index in [0.717, 1.165) is 19.8 Å². The number of benzene rings is 1. The third kappa shape index (κ3) is 2.06. The molecule has 0 spiro atoms. The maximum Gasteiger partial charge on any atom is 0.123 e. The van der Waals surface area contributed by atoms with Gasteiger partial charge in [-0.1, -0.05) is 11.6 Å². The fourth-order valence-electron chi connectivity index (χ4n) is 1.84. The molecule has 0 saturated carbocycles. The molecule has 0 amide bonds. The van der Waals surface area contributed by atoms with Gasteiger partial charge >= 0.3 is 0 Å². The summed E-state index contributed by atoms with van der Waals surface area (Å²) in [4.78, 5) is 1.95. The van der Waals surface area contributed by atoms with Crippen molar-refractivity contribution in [3.8, 4) is 0 Å². The summed E-state index contributed by atoms with van der Waals surface area (Å²) >= 11 is 9.20. The van der Waals surface area contributed by atoms with Gasteiger partial charge < -0.3 is 5.73 Å². The highest BCUT2D eigenvalue weighted by Crippen LogP contribution is 2.36. The average Bonchev–Trinajstić information content (AvgIpc) is 2.93. The first-order valence-corrected chi connectivity index (χ1v) is 7.40. The first-order valence-electron chi connectivity index (χ1n) is 5.32. The molecule has 0 aliphatic heterocycles. The highest BCUT2D eigenvalue weighted by molar-refractivity contribution is 7.19. The molecule has 1 atom stereocenters. The second-order valence-electron chi connectivity index (χ2n) is 3.94. The summed E-state index contributed by atoms with van der Waals surface area (Å²) in [5.41, 5.74) is 6.21. The normalized spacial score (nSPS) is 13.1. The zero-order chi connectivity index (χ0) is 12.7. The topological polar surface area (TPSA) is 26.0 Å². The van der Waals surface area contributed by atoms with Crippen LogP contribution in [0, 0.1) is 5.82 Å². The molecule has 92 valence electrons. The summed E-state index contributed by atoms with van der Waals surface area (Å²) < 4.78 is 14.2. The Hall–Kier alpha value is -0.940. The molecule has 0 saturated heterocycles. The van der Waals surface area contributed by atoms with Crippen LogP contribution >= 0.6 is 34.3 Å². The Labute approximate surface area is 117 Å². The highest BCUT2D eigenvalue weighted by atomic mass is 35.5. The number of thiophene rings is 2. The molecule has 3 rings (SSSR count). The van der Waals surface area contributed by atoms with E-state index in [-0.39, 0.29) is 11.9 Å². The zero-order valence-electron chi connectivity index (χ0n) is 9.19. The number of nitrogens with two attached hydrogens (primary N) is 1. The Balaban J connectivity index is 2.07. The molecule has 2 heterocycles. The van der Waals surface area contributed by atoms with Crippen molar-refractivity contribution < 1.29 is 4.39 Å². The maximum absolute atomic E-state index is 13.1. The zero-order valence-corrected chi connectivity index (χ0v) is 11.6. The third-order valence-corrected chi connectivity index (χ3v) is 5.37. The Morgan fingerprint density at radius 2 is 2.06 bits per heavy atom. The van der Waals surface area contributed by atoms with Crippen molar-refractivity contribution in [2.45, 2.75) is 6.04 Å². The van der Waals surface area contributed by atoms with E-state index in [0.29, 0.717) is 5.02 Å². The monoisotopic (exact) mass is 297 g/mol. The smallest absolute Gasteiger partial charge is 0.123 e. The van der Waals surface area contributed by atoms with Gasteiger partial charge in [0.15, 0.2) is 0 Å². The molecule has 2 N–H and O–H groups in total. The predicted molar refractivity (Wildman–Crippen MR) is 77.1 cm³/mol. The molecule has 0 aliphatic carbocycles. The Morgan fingerprint density at radius 1 is 1.22 bits per heavy atom. The van der Waals surface area contributed by atoms with Crippen LogP contribution in [0.15, 0.2) is 35.7 Å².